The minimum absolute atomic E-state index is 0.0162. The van der Waals surface area contributed by atoms with Crippen LogP contribution in [0.15, 0.2) is 24.3 Å². The summed E-state index contributed by atoms with van der Waals surface area (Å²) in [5.41, 5.74) is -0.0162. The lowest BCUT2D eigenvalue weighted by molar-refractivity contribution is -0.0829. The predicted octanol–water partition coefficient (Wildman–Crippen LogP) is 0.0940. The van der Waals surface area contributed by atoms with Crippen LogP contribution in [-0.2, 0) is 5.12 Å². The first-order valence-electron chi connectivity index (χ1n) is 3.19. The largest absolute Gasteiger partial charge is 0.507 e. The predicted molar refractivity (Wildman–Crippen MR) is 46.0 cm³/mol. The van der Waals surface area contributed by atoms with Crippen molar-refractivity contribution in [3.05, 3.63) is 29.8 Å². The van der Waals surface area contributed by atoms with E-state index in [4.69, 9.17) is 5.14 Å². The van der Waals surface area contributed by atoms with Crippen molar-refractivity contribution in [2.24, 2.45) is 5.14 Å². The van der Waals surface area contributed by atoms with Crippen LogP contribution in [0, 0.1) is 0 Å². The van der Waals surface area contributed by atoms with Crippen LogP contribution in [0.4, 0.5) is 0 Å². The smallest absolute Gasteiger partial charge is 0.258 e. The Morgan fingerprint density at radius 2 is 1.83 bits per heavy atom. The molecule has 0 aliphatic rings. The van der Waals surface area contributed by atoms with E-state index in [0.717, 1.165) is 0 Å². The molecule has 12 heavy (non-hydrogen) atoms. The third-order valence-electron chi connectivity index (χ3n) is 1.42. The molecule has 5 heteroatoms. The summed E-state index contributed by atoms with van der Waals surface area (Å²) in [6.45, 7) is 0. The van der Waals surface area contributed by atoms with Gasteiger partial charge in [0.25, 0.3) is 5.12 Å². The quantitative estimate of drug-likeness (QED) is 0.389. The number of hydrogen-bond donors (Lipinski definition) is 4. The van der Waals surface area contributed by atoms with Crippen LogP contribution in [0.2, 0.25) is 0 Å². The number of phenolic OH excluding ortho intramolecular Hbond substituents is 1. The second-order valence-corrected chi connectivity index (χ2v) is 3.05. The maximum Gasteiger partial charge on any atom is 0.258 e. The zero-order chi connectivity index (χ0) is 9.19. The van der Waals surface area contributed by atoms with Gasteiger partial charge in [-0.1, -0.05) is 12.1 Å². The maximum atomic E-state index is 9.21. The van der Waals surface area contributed by atoms with E-state index in [1.54, 1.807) is 12.1 Å². The Kier molecular flexibility index (Phi) is 2.58. The Morgan fingerprint density at radius 3 is 2.33 bits per heavy atom. The van der Waals surface area contributed by atoms with E-state index < -0.39 is 5.12 Å². The Labute approximate surface area is 73.8 Å². The highest BCUT2D eigenvalue weighted by atomic mass is 32.2. The molecule has 0 amide bonds. The van der Waals surface area contributed by atoms with E-state index >= 15 is 0 Å². The Balaban J connectivity index is 3.10. The second-order valence-electron chi connectivity index (χ2n) is 2.24. The fourth-order valence-electron chi connectivity index (χ4n) is 0.813. The summed E-state index contributed by atoms with van der Waals surface area (Å²) in [5, 5.41) is 30.4. The van der Waals surface area contributed by atoms with Crippen LogP contribution >= 0.6 is 11.9 Å². The number of phenols is 1. The number of aromatic hydroxyl groups is 1. The van der Waals surface area contributed by atoms with Crippen LogP contribution in [0.3, 0.4) is 0 Å². The number of rotatable bonds is 2. The van der Waals surface area contributed by atoms with Gasteiger partial charge in [-0.2, -0.15) is 0 Å². The van der Waals surface area contributed by atoms with Crippen LogP contribution in [0.25, 0.3) is 0 Å². The lowest BCUT2D eigenvalue weighted by Gasteiger charge is -2.18. The van der Waals surface area contributed by atoms with E-state index in [1.807, 2.05) is 0 Å². The molecule has 0 radical (unpaired) electrons. The first-order valence-corrected chi connectivity index (χ1v) is 4.07. The van der Waals surface area contributed by atoms with Gasteiger partial charge in [0, 0.05) is 0 Å². The van der Waals surface area contributed by atoms with Gasteiger partial charge in [-0.05, 0) is 24.1 Å². The lowest BCUT2D eigenvalue weighted by Crippen LogP contribution is -2.22. The summed E-state index contributed by atoms with van der Waals surface area (Å²) >= 11 is 0.345. The Hall–Kier alpha value is -0.750. The van der Waals surface area contributed by atoms with Crippen LogP contribution in [0.5, 0.6) is 5.75 Å². The number of benzene rings is 1. The summed E-state index contributed by atoms with van der Waals surface area (Å²) < 4.78 is 0. The van der Waals surface area contributed by atoms with Crippen LogP contribution in [0.1, 0.15) is 5.56 Å². The number of hydrogen-bond acceptors (Lipinski definition) is 5. The standard InChI is InChI=1S/C7H9NO3S/c8-12-7(10,11)5-3-1-2-4-6(5)9/h1-4,9-11H,8H2. The van der Waals surface area contributed by atoms with Gasteiger partial charge < -0.3 is 15.3 Å². The number of nitrogens with two attached hydrogens (primary N) is 1. The number of para-hydroxylation sites is 1. The first kappa shape index (κ1) is 9.34. The van der Waals surface area contributed by atoms with Crippen molar-refractivity contribution < 1.29 is 15.3 Å². The molecule has 4 nitrogen and oxygen atoms in total. The van der Waals surface area contributed by atoms with Gasteiger partial charge in [0.05, 0.1) is 5.56 Å². The molecule has 0 spiro atoms. The van der Waals surface area contributed by atoms with Crippen molar-refractivity contribution in [2.75, 3.05) is 0 Å². The van der Waals surface area contributed by atoms with Gasteiger partial charge in [-0.3, -0.25) is 5.14 Å². The van der Waals surface area contributed by atoms with Gasteiger partial charge in [-0.15, -0.1) is 0 Å². The fourth-order valence-corrected chi connectivity index (χ4v) is 1.11. The molecule has 0 heterocycles. The second kappa shape index (κ2) is 3.32. The molecule has 0 bridgehead atoms. The molecule has 1 aromatic rings. The van der Waals surface area contributed by atoms with E-state index in [9.17, 15) is 15.3 Å². The zero-order valence-electron chi connectivity index (χ0n) is 6.14. The average molecular weight is 187 g/mol. The topological polar surface area (TPSA) is 86.7 Å². The molecular formula is C7H9NO3S. The molecule has 0 aliphatic heterocycles. The van der Waals surface area contributed by atoms with E-state index in [-0.39, 0.29) is 11.3 Å². The highest BCUT2D eigenvalue weighted by molar-refractivity contribution is 7.97. The van der Waals surface area contributed by atoms with Gasteiger partial charge in [0.15, 0.2) is 0 Å². The molecule has 66 valence electrons. The molecule has 0 atom stereocenters. The van der Waals surface area contributed by atoms with Crippen molar-refractivity contribution in [1.82, 2.24) is 0 Å². The molecule has 0 saturated heterocycles. The van der Waals surface area contributed by atoms with Crippen LogP contribution < -0.4 is 5.14 Å². The van der Waals surface area contributed by atoms with Crippen LogP contribution in [-0.4, -0.2) is 15.3 Å². The molecule has 0 aliphatic carbocycles. The van der Waals surface area contributed by atoms with E-state index in [0.29, 0.717) is 11.9 Å². The van der Waals surface area contributed by atoms with E-state index in [2.05, 4.69) is 0 Å². The van der Waals surface area contributed by atoms with Gasteiger partial charge in [0.2, 0.25) is 0 Å². The van der Waals surface area contributed by atoms with Crippen molar-refractivity contribution in [3.8, 4) is 5.75 Å². The van der Waals surface area contributed by atoms with Crippen molar-refractivity contribution in [2.45, 2.75) is 5.12 Å². The van der Waals surface area contributed by atoms with E-state index in [1.165, 1.54) is 12.1 Å². The first-order chi connectivity index (χ1) is 5.58. The molecule has 0 fully saturated rings. The van der Waals surface area contributed by atoms with Crippen molar-refractivity contribution >= 4 is 11.9 Å². The van der Waals surface area contributed by atoms with Gasteiger partial charge in [0.1, 0.15) is 5.75 Å². The molecule has 1 rings (SSSR count). The molecule has 5 N–H and O–H groups in total. The van der Waals surface area contributed by atoms with Crippen molar-refractivity contribution in [3.63, 3.8) is 0 Å². The summed E-state index contributed by atoms with van der Waals surface area (Å²) in [6.07, 6.45) is 0. The lowest BCUT2D eigenvalue weighted by atomic mass is 10.2. The Morgan fingerprint density at radius 1 is 1.25 bits per heavy atom. The third kappa shape index (κ3) is 1.70. The summed E-state index contributed by atoms with van der Waals surface area (Å²) in [7, 11) is 0. The average Bonchev–Trinajstić information content (AvgIpc) is 2.05. The number of aliphatic hydroxyl groups is 2. The molecule has 0 aromatic heterocycles. The van der Waals surface area contributed by atoms with Crippen molar-refractivity contribution in [1.29, 1.82) is 0 Å². The molecule has 0 saturated carbocycles. The van der Waals surface area contributed by atoms with Gasteiger partial charge >= 0.3 is 0 Å². The molecular weight excluding hydrogens is 178 g/mol. The normalized spacial score (nSPS) is 11.6. The summed E-state index contributed by atoms with van der Waals surface area (Å²) in [6, 6.07) is 5.89. The Bertz CT molecular complexity index is 277. The summed E-state index contributed by atoms with van der Waals surface area (Å²) in [5.74, 6) is -0.194. The van der Waals surface area contributed by atoms with Gasteiger partial charge in [-0.25, -0.2) is 0 Å². The SMILES string of the molecule is NSC(O)(O)c1ccccc1O. The fraction of sp³-hybridized carbons (Fsp3) is 0.143. The maximum absolute atomic E-state index is 9.21. The third-order valence-corrected chi connectivity index (χ3v) is 1.97. The zero-order valence-corrected chi connectivity index (χ0v) is 6.95. The molecule has 0 unspecified atom stereocenters. The monoisotopic (exact) mass is 187 g/mol. The highest BCUT2D eigenvalue weighted by Gasteiger charge is 2.28. The highest BCUT2D eigenvalue weighted by Crippen LogP contribution is 2.32. The summed E-state index contributed by atoms with van der Waals surface area (Å²) in [4.78, 5) is 0. The molecule has 1 aromatic carbocycles. The minimum atomic E-state index is -2.23. The minimum Gasteiger partial charge on any atom is -0.507 e.